The number of anilines is 1. The van der Waals surface area contributed by atoms with E-state index < -0.39 is 23.5 Å². The van der Waals surface area contributed by atoms with Gasteiger partial charge in [0.2, 0.25) is 0 Å². The van der Waals surface area contributed by atoms with E-state index in [1.165, 1.54) is 23.1 Å². The van der Waals surface area contributed by atoms with Gasteiger partial charge in [-0.15, -0.1) is 0 Å². The first-order valence-corrected chi connectivity index (χ1v) is 14.2. The highest BCUT2D eigenvalue weighted by Gasteiger charge is 2.48. The molecular formula is C31H27FN2O6S. The first-order chi connectivity index (χ1) is 19.8. The van der Waals surface area contributed by atoms with Crippen LogP contribution < -0.4 is 19.1 Å². The summed E-state index contributed by atoms with van der Waals surface area (Å²) in [6.45, 7) is 6.43. The van der Waals surface area contributed by atoms with Gasteiger partial charge in [0, 0.05) is 12.0 Å². The van der Waals surface area contributed by atoms with Gasteiger partial charge >= 0.3 is 5.91 Å². The van der Waals surface area contributed by atoms with Crippen LogP contribution in [0.15, 0.2) is 60.2 Å². The Labute approximate surface area is 239 Å². The van der Waals surface area contributed by atoms with Crippen molar-refractivity contribution in [2.75, 3.05) is 18.1 Å². The third-order valence-corrected chi connectivity index (χ3v) is 8.06. The third kappa shape index (κ3) is 4.67. The zero-order chi connectivity index (χ0) is 28.8. The number of rotatable bonds is 7. The average molecular weight is 575 g/mol. The maximum Gasteiger partial charge on any atom is 0.301 e. The Morgan fingerprint density at radius 1 is 1.07 bits per heavy atom. The number of halogens is 1. The second-order valence-electron chi connectivity index (χ2n) is 9.80. The van der Waals surface area contributed by atoms with Crippen LogP contribution in [0, 0.1) is 5.82 Å². The summed E-state index contributed by atoms with van der Waals surface area (Å²) in [5.74, 6) is -0.770. The second kappa shape index (κ2) is 10.5. The number of carbonyl (C=O) groups excluding carboxylic acids is 2. The molecule has 0 spiro atoms. The Hall–Kier alpha value is -4.44. The summed E-state index contributed by atoms with van der Waals surface area (Å²) in [6, 6.07) is 13.5. The molecule has 2 unspecified atom stereocenters. The van der Waals surface area contributed by atoms with Gasteiger partial charge in [-0.1, -0.05) is 17.4 Å². The van der Waals surface area contributed by atoms with Crippen LogP contribution in [0.4, 0.5) is 9.52 Å². The Morgan fingerprint density at radius 3 is 2.63 bits per heavy atom. The molecule has 0 radical (unpaired) electrons. The number of aromatic nitrogens is 1. The van der Waals surface area contributed by atoms with Crippen molar-refractivity contribution in [2.24, 2.45) is 0 Å². The second-order valence-corrected chi connectivity index (χ2v) is 10.8. The van der Waals surface area contributed by atoms with Crippen LogP contribution in [0.3, 0.4) is 0 Å². The molecule has 0 bridgehead atoms. The molecule has 4 aromatic rings. The van der Waals surface area contributed by atoms with E-state index in [1.54, 1.807) is 36.4 Å². The van der Waals surface area contributed by atoms with Crippen LogP contribution in [-0.2, 0) is 16.0 Å². The molecule has 41 heavy (non-hydrogen) atoms. The molecule has 0 saturated carbocycles. The number of ether oxygens (including phenoxy) is 3. The summed E-state index contributed by atoms with van der Waals surface area (Å²) in [7, 11) is 0. The van der Waals surface area contributed by atoms with E-state index in [1.807, 2.05) is 20.8 Å². The van der Waals surface area contributed by atoms with Crippen LogP contribution in [0.1, 0.15) is 43.5 Å². The number of aliphatic hydroxyl groups is 1. The van der Waals surface area contributed by atoms with Crippen molar-refractivity contribution in [3.8, 4) is 17.2 Å². The van der Waals surface area contributed by atoms with Crippen LogP contribution in [0.25, 0.3) is 16.0 Å². The van der Waals surface area contributed by atoms with E-state index in [0.717, 1.165) is 22.6 Å². The SMILES string of the molecule is CCOc1ccc(C2C(=C(O)c3ccc4c(c3)CC(C)O4)C(=O)C(=O)N2c2nc3ccc(F)cc3s2)cc1OCC. The van der Waals surface area contributed by atoms with Crippen LogP contribution >= 0.6 is 11.3 Å². The number of carbonyl (C=O) groups is 2. The fourth-order valence-corrected chi connectivity index (χ4v) is 6.31. The Bertz CT molecular complexity index is 1730. The molecule has 6 rings (SSSR count). The van der Waals surface area contributed by atoms with Gasteiger partial charge in [0.25, 0.3) is 5.78 Å². The Balaban J connectivity index is 1.55. The maximum absolute atomic E-state index is 14.0. The largest absolute Gasteiger partial charge is 0.507 e. The van der Waals surface area contributed by atoms with E-state index in [0.29, 0.717) is 52.5 Å². The lowest BCUT2D eigenvalue weighted by atomic mass is 9.94. The zero-order valence-corrected chi connectivity index (χ0v) is 23.5. The first-order valence-electron chi connectivity index (χ1n) is 13.4. The van der Waals surface area contributed by atoms with E-state index in [2.05, 4.69) is 4.98 Å². The Morgan fingerprint density at radius 2 is 1.85 bits per heavy atom. The maximum atomic E-state index is 14.0. The van der Waals surface area contributed by atoms with Gasteiger partial charge in [-0.05, 0) is 80.4 Å². The number of hydrogen-bond acceptors (Lipinski definition) is 8. The smallest absolute Gasteiger partial charge is 0.301 e. The number of aliphatic hydroxyl groups excluding tert-OH is 1. The number of amides is 1. The highest BCUT2D eigenvalue weighted by molar-refractivity contribution is 7.22. The molecule has 3 heterocycles. The quantitative estimate of drug-likeness (QED) is 0.160. The molecule has 1 fully saturated rings. The number of ketones is 1. The molecule has 1 saturated heterocycles. The molecule has 210 valence electrons. The predicted molar refractivity (Wildman–Crippen MR) is 153 cm³/mol. The summed E-state index contributed by atoms with van der Waals surface area (Å²) in [4.78, 5) is 33.1. The van der Waals surface area contributed by atoms with Crippen LogP contribution in [0.5, 0.6) is 17.2 Å². The minimum Gasteiger partial charge on any atom is -0.507 e. The average Bonchev–Trinajstić information content (AvgIpc) is 3.61. The first kappa shape index (κ1) is 26.8. The molecule has 3 aromatic carbocycles. The predicted octanol–water partition coefficient (Wildman–Crippen LogP) is 6.18. The van der Waals surface area contributed by atoms with Gasteiger partial charge < -0.3 is 19.3 Å². The lowest BCUT2D eigenvalue weighted by molar-refractivity contribution is -0.132. The fourth-order valence-electron chi connectivity index (χ4n) is 5.30. The van der Waals surface area contributed by atoms with Gasteiger partial charge in [0.05, 0.1) is 35.0 Å². The number of thiazole rings is 1. The number of nitrogens with zero attached hydrogens (tertiary/aromatic N) is 2. The lowest BCUT2D eigenvalue weighted by Crippen LogP contribution is -2.29. The van der Waals surface area contributed by atoms with Crippen LogP contribution in [0.2, 0.25) is 0 Å². The van der Waals surface area contributed by atoms with Crippen molar-refractivity contribution in [3.05, 3.63) is 82.7 Å². The van der Waals surface area contributed by atoms with Gasteiger partial charge in [-0.25, -0.2) is 9.37 Å². The number of Topliss-reactive ketones (excluding diaryl/α,β-unsaturated/α-hetero) is 1. The van der Waals surface area contributed by atoms with E-state index >= 15 is 0 Å². The number of fused-ring (bicyclic) bond motifs is 2. The van der Waals surface area contributed by atoms with Crippen molar-refractivity contribution in [2.45, 2.75) is 39.3 Å². The Kier molecular flexibility index (Phi) is 6.86. The van der Waals surface area contributed by atoms with Crippen molar-refractivity contribution in [3.63, 3.8) is 0 Å². The van der Waals surface area contributed by atoms with Crippen molar-refractivity contribution >= 4 is 44.1 Å². The molecule has 8 nitrogen and oxygen atoms in total. The number of benzene rings is 3. The standard InChI is InChI=1S/C31H27FN2O6S/c1-4-38-23-11-6-17(14-24(23)39-5-2)27-26(28(35)18-7-10-22-19(13-18)12-16(3)40-22)29(36)30(37)34(27)31-33-21-9-8-20(32)15-25(21)41-31/h6-11,13-16,27,35H,4-5,12H2,1-3H3. The van der Waals surface area contributed by atoms with Gasteiger partial charge in [-0.3, -0.25) is 14.5 Å². The molecular weight excluding hydrogens is 547 g/mol. The summed E-state index contributed by atoms with van der Waals surface area (Å²) in [5, 5.41) is 11.8. The van der Waals surface area contributed by atoms with E-state index in [9.17, 15) is 19.1 Å². The third-order valence-electron chi connectivity index (χ3n) is 7.04. The van der Waals surface area contributed by atoms with Crippen molar-refractivity contribution in [1.29, 1.82) is 0 Å². The zero-order valence-electron chi connectivity index (χ0n) is 22.6. The van der Waals surface area contributed by atoms with Crippen molar-refractivity contribution in [1.82, 2.24) is 4.98 Å². The molecule has 10 heteroatoms. The summed E-state index contributed by atoms with van der Waals surface area (Å²) in [5.41, 5.74) is 2.22. The van der Waals surface area contributed by atoms with Gasteiger partial charge in [0.1, 0.15) is 23.4 Å². The highest BCUT2D eigenvalue weighted by Crippen LogP contribution is 2.46. The molecule has 0 aliphatic carbocycles. The fraction of sp³-hybridized carbons (Fsp3) is 0.258. The minimum absolute atomic E-state index is 0.00214. The molecule has 2 aliphatic heterocycles. The minimum atomic E-state index is -1.03. The molecule has 1 amide bonds. The summed E-state index contributed by atoms with van der Waals surface area (Å²) >= 11 is 1.09. The highest BCUT2D eigenvalue weighted by atomic mass is 32.1. The molecule has 1 N–H and O–H groups in total. The monoisotopic (exact) mass is 574 g/mol. The lowest BCUT2D eigenvalue weighted by Gasteiger charge is -2.24. The van der Waals surface area contributed by atoms with E-state index in [-0.39, 0.29) is 22.6 Å². The number of hydrogen-bond donors (Lipinski definition) is 1. The van der Waals surface area contributed by atoms with Gasteiger partial charge in [0.15, 0.2) is 16.6 Å². The topological polar surface area (TPSA) is 98.2 Å². The van der Waals surface area contributed by atoms with Gasteiger partial charge in [-0.2, -0.15) is 0 Å². The summed E-state index contributed by atoms with van der Waals surface area (Å²) in [6.07, 6.45) is 0.658. The van der Waals surface area contributed by atoms with E-state index in [4.69, 9.17) is 14.2 Å². The molecule has 2 atom stereocenters. The molecule has 1 aromatic heterocycles. The van der Waals surface area contributed by atoms with Crippen molar-refractivity contribution < 1.29 is 33.3 Å². The van der Waals surface area contributed by atoms with Crippen LogP contribution in [-0.4, -0.2) is 41.1 Å². The summed E-state index contributed by atoms with van der Waals surface area (Å²) < 4.78 is 31.8. The normalized spacial score (nSPS) is 19.5. The molecule has 2 aliphatic rings.